The van der Waals surface area contributed by atoms with Crippen LogP contribution in [-0.2, 0) is 0 Å². The molecule has 0 atom stereocenters. The minimum absolute atomic E-state index is 0.337. The molecule has 2 N–H and O–H groups in total. The van der Waals surface area contributed by atoms with Crippen molar-refractivity contribution in [3.63, 3.8) is 0 Å². The molecule has 6 heteroatoms. The molecule has 3 aromatic rings. The number of nitrogens with zero attached hydrogens (tertiary/aromatic N) is 4. The first kappa shape index (κ1) is 11.3. The van der Waals surface area contributed by atoms with Gasteiger partial charge >= 0.3 is 0 Å². The molecule has 0 bridgehead atoms. The molecular formula is C13H10FN5. The molecule has 0 unspecified atom stereocenters. The highest BCUT2D eigenvalue weighted by molar-refractivity contribution is 5.60. The molecule has 0 aliphatic carbocycles. The largest absolute Gasteiger partial charge is 0.399 e. The lowest BCUT2D eigenvalue weighted by atomic mass is 10.2. The van der Waals surface area contributed by atoms with Gasteiger partial charge in [-0.1, -0.05) is 6.07 Å². The molecule has 0 aliphatic rings. The summed E-state index contributed by atoms with van der Waals surface area (Å²) >= 11 is 0. The summed E-state index contributed by atoms with van der Waals surface area (Å²) in [5.74, 6) is 0.196. The molecule has 3 rings (SSSR count). The van der Waals surface area contributed by atoms with Gasteiger partial charge in [-0.15, -0.1) is 5.10 Å². The van der Waals surface area contributed by atoms with E-state index in [0.29, 0.717) is 17.2 Å². The number of aromatic nitrogens is 4. The normalized spacial score (nSPS) is 10.6. The Balaban J connectivity index is 2.10. The lowest BCUT2D eigenvalue weighted by Crippen LogP contribution is -2.00. The summed E-state index contributed by atoms with van der Waals surface area (Å²) in [6.45, 7) is 0. The Kier molecular flexibility index (Phi) is 2.68. The van der Waals surface area contributed by atoms with Crippen molar-refractivity contribution < 1.29 is 4.39 Å². The summed E-state index contributed by atoms with van der Waals surface area (Å²) in [4.78, 5) is 0. The maximum atomic E-state index is 13.2. The van der Waals surface area contributed by atoms with Gasteiger partial charge in [-0.05, 0) is 52.9 Å². The first-order valence-electron chi connectivity index (χ1n) is 5.64. The molecule has 94 valence electrons. The van der Waals surface area contributed by atoms with E-state index in [1.54, 1.807) is 24.3 Å². The molecule has 0 amide bonds. The van der Waals surface area contributed by atoms with Gasteiger partial charge in [0.1, 0.15) is 5.82 Å². The first-order chi connectivity index (χ1) is 9.24. The molecule has 0 radical (unpaired) electrons. The highest BCUT2D eigenvalue weighted by Crippen LogP contribution is 2.20. The van der Waals surface area contributed by atoms with Crippen LogP contribution in [0.4, 0.5) is 10.1 Å². The van der Waals surface area contributed by atoms with Crippen molar-refractivity contribution in [2.75, 3.05) is 5.73 Å². The Labute approximate surface area is 108 Å². The van der Waals surface area contributed by atoms with Crippen molar-refractivity contribution in [1.82, 2.24) is 20.2 Å². The van der Waals surface area contributed by atoms with Crippen LogP contribution in [0.2, 0.25) is 0 Å². The van der Waals surface area contributed by atoms with Gasteiger partial charge in [-0.2, -0.15) is 4.68 Å². The van der Waals surface area contributed by atoms with Gasteiger partial charge in [0.15, 0.2) is 5.82 Å². The standard InChI is InChI=1S/C13H10FN5/c14-10-2-1-3-12(8-10)19-13(16-17-18-19)9-4-6-11(15)7-5-9/h1-8H,15H2. The maximum Gasteiger partial charge on any atom is 0.187 e. The van der Waals surface area contributed by atoms with Gasteiger partial charge < -0.3 is 5.73 Å². The second-order valence-electron chi connectivity index (χ2n) is 4.02. The molecule has 1 heterocycles. The van der Waals surface area contributed by atoms with Crippen molar-refractivity contribution >= 4 is 5.69 Å². The average Bonchev–Trinajstić information content (AvgIpc) is 2.89. The SMILES string of the molecule is Nc1ccc(-c2nnnn2-c2cccc(F)c2)cc1. The highest BCUT2D eigenvalue weighted by Gasteiger charge is 2.10. The summed E-state index contributed by atoms with van der Waals surface area (Å²) in [7, 11) is 0. The van der Waals surface area contributed by atoms with Crippen molar-refractivity contribution in [2.45, 2.75) is 0 Å². The second-order valence-corrected chi connectivity index (χ2v) is 4.02. The number of anilines is 1. The van der Waals surface area contributed by atoms with Crippen molar-refractivity contribution in [1.29, 1.82) is 0 Å². The quantitative estimate of drug-likeness (QED) is 0.711. The van der Waals surface area contributed by atoms with Crippen LogP contribution < -0.4 is 5.73 Å². The number of benzene rings is 2. The molecule has 0 saturated carbocycles. The van der Waals surface area contributed by atoms with Crippen LogP contribution in [0.5, 0.6) is 0 Å². The fourth-order valence-corrected chi connectivity index (χ4v) is 1.78. The second kappa shape index (κ2) is 4.49. The Bertz CT molecular complexity index is 705. The molecule has 0 spiro atoms. The number of rotatable bonds is 2. The van der Waals surface area contributed by atoms with Gasteiger partial charge in [0.25, 0.3) is 0 Å². The number of nitrogens with two attached hydrogens (primary N) is 1. The molecule has 0 saturated heterocycles. The Morgan fingerprint density at radius 2 is 1.84 bits per heavy atom. The molecule has 5 nitrogen and oxygen atoms in total. The van der Waals surface area contributed by atoms with Crippen LogP contribution in [0.25, 0.3) is 17.1 Å². The molecule has 2 aromatic carbocycles. The minimum Gasteiger partial charge on any atom is -0.399 e. The molecular weight excluding hydrogens is 245 g/mol. The Morgan fingerprint density at radius 1 is 1.05 bits per heavy atom. The third-order valence-electron chi connectivity index (χ3n) is 2.69. The summed E-state index contributed by atoms with van der Waals surface area (Å²) in [5, 5.41) is 11.5. The fraction of sp³-hybridized carbons (Fsp3) is 0. The van der Waals surface area contributed by atoms with Crippen LogP contribution in [0.3, 0.4) is 0 Å². The van der Waals surface area contributed by atoms with E-state index in [4.69, 9.17) is 5.73 Å². The van der Waals surface area contributed by atoms with Crippen LogP contribution in [-0.4, -0.2) is 20.2 Å². The van der Waals surface area contributed by atoms with Crippen molar-refractivity contribution in [3.05, 3.63) is 54.3 Å². The third kappa shape index (κ3) is 2.15. The predicted molar refractivity (Wildman–Crippen MR) is 69.0 cm³/mol. The molecule has 1 aromatic heterocycles. The van der Waals surface area contributed by atoms with Crippen LogP contribution in [0, 0.1) is 5.82 Å². The molecule has 0 aliphatic heterocycles. The molecule has 19 heavy (non-hydrogen) atoms. The van der Waals surface area contributed by atoms with Crippen LogP contribution >= 0.6 is 0 Å². The third-order valence-corrected chi connectivity index (χ3v) is 2.69. The van der Waals surface area contributed by atoms with Crippen LogP contribution in [0.15, 0.2) is 48.5 Å². The predicted octanol–water partition coefficient (Wildman–Crippen LogP) is 2.05. The van der Waals surface area contributed by atoms with E-state index in [1.807, 2.05) is 12.1 Å². The van der Waals surface area contributed by atoms with E-state index in [-0.39, 0.29) is 5.82 Å². The fourth-order valence-electron chi connectivity index (χ4n) is 1.78. The zero-order chi connectivity index (χ0) is 13.2. The van der Waals surface area contributed by atoms with E-state index < -0.39 is 0 Å². The maximum absolute atomic E-state index is 13.2. The number of hydrogen-bond donors (Lipinski definition) is 1. The van der Waals surface area contributed by atoms with Gasteiger partial charge in [-0.3, -0.25) is 0 Å². The summed E-state index contributed by atoms with van der Waals surface area (Å²) < 4.78 is 14.7. The Morgan fingerprint density at radius 3 is 2.58 bits per heavy atom. The minimum atomic E-state index is -0.337. The number of hydrogen-bond acceptors (Lipinski definition) is 4. The first-order valence-corrected chi connectivity index (χ1v) is 5.64. The Hall–Kier alpha value is -2.76. The smallest absolute Gasteiger partial charge is 0.187 e. The summed E-state index contributed by atoms with van der Waals surface area (Å²) in [6.07, 6.45) is 0. The van der Waals surface area contributed by atoms with Crippen LogP contribution in [0.1, 0.15) is 0 Å². The number of tetrazole rings is 1. The molecule has 0 fully saturated rings. The number of nitrogen functional groups attached to an aromatic ring is 1. The van der Waals surface area contributed by atoms with Gasteiger partial charge in [0.2, 0.25) is 0 Å². The summed E-state index contributed by atoms with van der Waals surface area (Å²) in [6, 6.07) is 13.3. The number of halogens is 1. The lowest BCUT2D eigenvalue weighted by Gasteiger charge is -2.04. The highest BCUT2D eigenvalue weighted by atomic mass is 19.1. The van der Waals surface area contributed by atoms with Crippen molar-refractivity contribution in [2.24, 2.45) is 0 Å². The van der Waals surface area contributed by atoms with Gasteiger partial charge in [0.05, 0.1) is 5.69 Å². The van der Waals surface area contributed by atoms with E-state index >= 15 is 0 Å². The van der Waals surface area contributed by atoms with E-state index in [1.165, 1.54) is 16.8 Å². The monoisotopic (exact) mass is 255 g/mol. The zero-order valence-electron chi connectivity index (χ0n) is 9.86. The van der Waals surface area contributed by atoms with E-state index in [2.05, 4.69) is 15.5 Å². The van der Waals surface area contributed by atoms with Gasteiger partial charge in [0, 0.05) is 11.3 Å². The lowest BCUT2D eigenvalue weighted by molar-refractivity contribution is 0.625. The van der Waals surface area contributed by atoms with Gasteiger partial charge in [-0.25, -0.2) is 4.39 Å². The van der Waals surface area contributed by atoms with E-state index in [0.717, 1.165) is 5.56 Å². The zero-order valence-corrected chi connectivity index (χ0v) is 9.86. The van der Waals surface area contributed by atoms with Crippen molar-refractivity contribution in [3.8, 4) is 17.1 Å². The topological polar surface area (TPSA) is 69.6 Å². The van der Waals surface area contributed by atoms with E-state index in [9.17, 15) is 4.39 Å². The average molecular weight is 255 g/mol. The summed E-state index contributed by atoms with van der Waals surface area (Å²) in [5.41, 5.74) is 7.68.